The van der Waals surface area contributed by atoms with Gasteiger partial charge >= 0.3 is 11.8 Å². The van der Waals surface area contributed by atoms with E-state index in [4.69, 9.17) is 0 Å². The Bertz CT molecular complexity index is 523. The summed E-state index contributed by atoms with van der Waals surface area (Å²) in [6, 6.07) is 10.5. The van der Waals surface area contributed by atoms with Crippen LogP contribution >= 0.6 is 0 Å². The molecule has 0 radical (unpaired) electrons. The number of carbonyl (C=O) groups is 2. The summed E-state index contributed by atoms with van der Waals surface area (Å²) >= 11 is 0. The average Bonchev–Trinajstić information content (AvgIpc) is 2.59. The third kappa shape index (κ3) is 5.96. The van der Waals surface area contributed by atoms with Crippen LogP contribution in [0.5, 0.6) is 0 Å². The van der Waals surface area contributed by atoms with E-state index in [1.807, 2.05) is 20.2 Å². The highest BCUT2D eigenvalue weighted by Gasteiger charge is 2.26. The zero-order valence-corrected chi connectivity index (χ0v) is 14.8. The first-order valence-corrected chi connectivity index (χ1v) is 8.82. The number of nitrogens with one attached hydrogen (secondary N) is 1. The monoisotopic (exact) mass is 331 g/mol. The Morgan fingerprint density at radius 2 is 1.83 bits per heavy atom. The molecule has 1 aromatic carbocycles. The van der Waals surface area contributed by atoms with Gasteiger partial charge in [-0.05, 0) is 57.8 Å². The molecule has 1 N–H and O–H groups in total. The highest BCUT2D eigenvalue weighted by Crippen LogP contribution is 2.21. The van der Waals surface area contributed by atoms with Crippen LogP contribution in [0.1, 0.15) is 24.8 Å². The molecule has 0 bridgehead atoms. The molecule has 0 aliphatic carbocycles. The van der Waals surface area contributed by atoms with Gasteiger partial charge in [0, 0.05) is 19.6 Å². The molecule has 0 atom stereocenters. The quantitative estimate of drug-likeness (QED) is 0.635. The standard InChI is InChI=1S/C19H29N3O2/c1-21(2)12-6-11-20-18(23)19(24)22-13-9-17(10-14-22)15-16-7-4-3-5-8-16/h3-5,7-8,17H,6,9-15H2,1-2H3,(H,20,23). The lowest BCUT2D eigenvalue weighted by Crippen LogP contribution is -2.47. The van der Waals surface area contributed by atoms with Crippen LogP contribution in [0.15, 0.2) is 30.3 Å². The van der Waals surface area contributed by atoms with E-state index in [1.165, 1.54) is 5.56 Å². The number of hydrogen-bond acceptors (Lipinski definition) is 3. The Morgan fingerprint density at radius 1 is 1.17 bits per heavy atom. The smallest absolute Gasteiger partial charge is 0.311 e. The summed E-state index contributed by atoms with van der Waals surface area (Å²) in [6.45, 7) is 2.81. The van der Waals surface area contributed by atoms with Crippen molar-refractivity contribution in [2.24, 2.45) is 5.92 Å². The van der Waals surface area contributed by atoms with Gasteiger partial charge in [-0.15, -0.1) is 0 Å². The zero-order chi connectivity index (χ0) is 17.4. The molecule has 0 spiro atoms. The van der Waals surface area contributed by atoms with Gasteiger partial charge in [0.1, 0.15) is 0 Å². The molecule has 0 saturated carbocycles. The van der Waals surface area contributed by atoms with E-state index in [1.54, 1.807) is 4.90 Å². The Balaban J connectivity index is 1.69. The van der Waals surface area contributed by atoms with E-state index in [-0.39, 0.29) is 5.91 Å². The summed E-state index contributed by atoms with van der Waals surface area (Å²) in [7, 11) is 3.99. The average molecular weight is 331 g/mol. The Hall–Kier alpha value is -1.88. The molecular weight excluding hydrogens is 302 g/mol. The second kappa shape index (κ2) is 9.42. The highest BCUT2D eigenvalue weighted by molar-refractivity contribution is 6.35. The van der Waals surface area contributed by atoms with Crippen molar-refractivity contribution in [2.75, 3.05) is 40.3 Å². The maximum atomic E-state index is 12.2. The number of piperidine rings is 1. The molecule has 5 heteroatoms. The van der Waals surface area contributed by atoms with Crippen LogP contribution < -0.4 is 5.32 Å². The molecule has 5 nitrogen and oxygen atoms in total. The van der Waals surface area contributed by atoms with Crippen LogP contribution in [0.3, 0.4) is 0 Å². The fraction of sp³-hybridized carbons (Fsp3) is 0.579. The summed E-state index contributed by atoms with van der Waals surface area (Å²) in [6.07, 6.45) is 3.84. The minimum Gasteiger partial charge on any atom is -0.348 e. The molecule has 132 valence electrons. The van der Waals surface area contributed by atoms with E-state index in [0.29, 0.717) is 25.6 Å². The first-order valence-electron chi connectivity index (χ1n) is 8.82. The summed E-state index contributed by atoms with van der Waals surface area (Å²) < 4.78 is 0. The van der Waals surface area contributed by atoms with E-state index >= 15 is 0 Å². The summed E-state index contributed by atoms with van der Waals surface area (Å²) in [4.78, 5) is 27.9. The fourth-order valence-corrected chi connectivity index (χ4v) is 3.10. The molecule has 1 aliphatic rings. The number of benzene rings is 1. The Labute approximate surface area is 145 Å². The highest BCUT2D eigenvalue weighted by atomic mass is 16.2. The topological polar surface area (TPSA) is 52.7 Å². The number of amides is 2. The van der Waals surface area contributed by atoms with Crippen molar-refractivity contribution in [3.05, 3.63) is 35.9 Å². The van der Waals surface area contributed by atoms with Crippen molar-refractivity contribution in [3.8, 4) is 0 Å². The van der Waals surface area contributed by atoms with Gasteiger partial charge in [0.2, 0.25) is 0 Å². The van der Waals surface area contributed by atoms with Crippen LogP contribution in [0.25, 0.3) is 0 Å². The van der Waals surface area contributed by atoms with Crippen molar-refractivity contribution < 1.29 is 9.59 Å². The predicted molar refractivity (Wildman–Crippen MR) is 95.6 cm³/mol. The maximum absolute atomic E-state index is 12.2. The predicted octanol–water partition coefficient (Wildman–Crippen LogP) is 1.54. The molecule has 2 rings (SSSR count). The second-order valence-electron chi connectivity index (χ2n) is 6.84. The van der Waals surface area contributed by atoms with Crippen LogP contribution in [-0.4, -0.2) is 61.9 Å². The van der Waals surface area contributed by atoms with Gasteiger partial charge in [0.15, 0.2) is 0 Å². The largest absolute Gasteiger partial charge is 0.348 e. The number of likely N-dealkylation sites (tertiary alicyclic amines) is 1. The molecule has 1 aliphatic heterocycles. The summed E-state index contributed by atoms with van der Waals surface area (Å²) in [5.41, 5.74) is 1.35. The van der Waals surface area contributed by atoms with Crippen molar-refractivity contribution in [1.82, 2.24) is 15.1 Å². The molecule has 0 aromatic heterocycles. The molecule has 1 fully saturated rings. The summed E-state index contributed by atoms with van der Waals surface area (Å²) in [5.74, 6) is -0.243. The van der Waals surface area contributed by atoms with Gasteiger partial charge in [0.25, 0.3) is 0 Å². The van der Waals surface area contributed by atoms with Gasteiger partial charge in [0.05, 0.1) is 0 Å². The summed E-state index contributed by atoms with van der Waals surface area (Å²) in [5, 5.41) is 2.73. The zero-order valence-electron chi connectivity index (χ0n) is 14.8. The van der Waals surface area contributed by atoms with E-state index in [2.05, 4.69) is 34.5 Å². The first kappa shape index (κ1) is 18.5. The number of carbonyl (C=O) groups excluding carboxylic acids is 2. The van der Waals surface area contributed by atoms with E-state index < -0.39 is 5.91 Å². The Kier molecular flexibility index (Phi) is 7.25. The van der Waals surface area contributed by atoms with Crippen LogP contribution in [0.4, 0.5) is 0 Å². The normalized spacial score (nSPS) is 15.5. The lowest BCUT2D eigenvalue weighted by atomic mass is 9.90. The lowest BCUT2D eigenvalue weighted by molar-refractivity contribution is -0.146. The minimum atomic E-state index is -0.463. The Morgan fingerprint density at radius 3 is 2.46 bits per heavy atom. The molecule has 1 heterocycles. The number of rotatable bonds is 6. The van der Waals surface area contributed by atoms with Gasteiger partial charge in [-0.2, -0.15) is 0 Å². The molecule has 24 heavy (non-hydrogen) atoms. The molecule has 2 amide bonds. The number of nitrogens with zero attached hydrogens (tertiary/aromatic N) is 2. The minimum absolute atomic E-state index is 0.377. The fourth-order valence-electron chi connectivity index (χ4n) is 3.10. The van der Waals surface area contributed by atoms with E-state index in [0.717, 1.165) is 32.2 Å². The van der Waals surface area contributed by atoms with Crippen molar-refractivity contribution in [2.45, 2.75) is 25.7 Å². The van der Waals surface area contributed by atoms with Gasteiger partial charge in [-0.3, -0.25) is 9.59 Å². The van der Waals surface area contributed by atoms with Gasteiger partial charge < -0.3 is 15.1 Å². The lowest BCUT2D eigenvalue weighted by Gasteiger charge is -2.31. The van der Waals surface area contributed by atoms with E-state index in [9.17, 15) is 9.59 Å². The third-order valence-electron chi connectivity index (χ3n) is 4.53. The molecule has 1 saturated heterocycles. The van der Waals surface area contributed by atoms with Crippen LogP contribution in [0, 0.1) is 5.92 Å². The third-order valence-corrected chi connectivity index (χ3v) is 4.53. The van der Waals surface area contributed by atoms with Crippen molar-refractivity contribution in [1.29, 1.82) is 0 Å². The molecular formula is C19H29N3O2. The van der Waals surface area contributed by atoms with Gasteiger partial charge in [-0.25, -0.2) is 0 Å². The van der Waals surface area contributed by atoms with Crippen LogP contribution in [-0.2, 0) is 16.0 Å². The van der Waals surface area contributed by atoms with Crippen LogP contribution in [0.2, 0.25) is 0 Å². The molecule has 1 aromatic rings. The molecule has 0 unspecified atom stereocenters. The van der Waals surface area contributed by atoms with Gasteiger partial charge in [-0.1, -0.05) is 30.3 Å². The number of hydrogen-bond donors (Lipinski definition) is 1. The van der Waals surface area contributed by atoms with Crippen molar-refractivity contribution >= 4 is 11.8 Å². The second-order valence-corrected chi connectivity index (χ2v) is 6.84. The van der Waals surface area contributed by atoms with Crippen molar-refractivity contribution in [3.63, 3.8) is 0 Å². The maximum Gasteiger partial charge on any atom is 0.311 e. The first-order chi connectivity index (χ1) is 11.6. The SMILES string of the molecule is CN(C)CCCNC(=O)C(=O)N1CCC(Cc2ccccc2)CC1.